The van der Waals surface area contributed by atoms with Crippen LogP contribution in [-0.4, -0.2) is 19.2 Å². The molecule has 0 bridgehead atoms. The third kappa shape index (κ3) is 5.26. The fourth-order valence-electron chi connectivity index (χ4n) is 1.48. The fraction of sp³-hybridized carbons (Fsp3) is 0.500. The second kappa shape index (κ2) is 7.74. The second-order valence-corrected chi connectivity index (χ2v) is 4.33. The van der Waals surface area contributed by atoms with E-state index in [4.69, 9.17) is 15.2 Å². The van der Waals surface area contributed by atoms with E-state index in [-0.39, 0.29) is 18.4 Å². The van der Waals surface area contributed by atoms with Crippen molar-refractivity contribution in [3.8, 4) is 5.75 Å². The van der Waals surface area contributed by atoms with Crippen LogP contribution in [0.15, 0.2) is 18.2 Å². The smallest absolute Gasteiger partial charge is 0.344 e. The average molecular weight is 269 g/mol. The maximum atomic E-state index is 13.6. The normalized spacial score (nSPS) is 12.0. The molecule has 0 spiro atoms. The first-order chi connectivity index (χ1) is 9.04. The van der Waals surface area contributed by atoms with Crippen LogP contribution < -0.4 is 10.5 Å². The Kier molecular flexibility index (Phi) is 6.29. The van der Waals surface area contributed by atoms with Gasteiger partial charge in [0.2, 0.25) is 0 Å². The summed E-state index contributed by atoms with van der Waals surface area (Å²) in [5.74, 6) is -0.605. The summed E-state index contributed by atoms with van der Waals surface area (Å²) in [6, 6.07) is 3.98. The van der Waals surface area contributed by atoms with Crippen molar-refractivity contribution >= 4 is 5.97 Å². The molecule has 0 aliphatic heterocycles. The highest BCUT2D eigenvalue weighted by Crippen LogP contribution is 2.20. The van der Waals surface area contributed by atoms with Crippen LogP contribution in [0.2, 0.25) is 0 Å². The Bertz CT molecular complexity index is 421. The molecule has 0 aromatic heterocycles. The van der Waals surface area contributed by atoms with Gasteiger partial charge in [-0.2, -0.15) is 0 Å². The topological polar surface area (TPSA) is 61.5 Å². The van der Waals surface area contributed by atoms with Gasteiger partial charge in [0.25, 0.3) is 0 Å². The van der Waals surface area contributed by atoms with Crippen LogP contribution in [0.5, 0.6) is 5.75 Å². The van der Waals surface area contributed by atoms with E-state index in [1.165, 1.54) is 6.07 Å². The predicted octanol–water partition coefficient (Wildman–Crippen LogP) is 2.57. The van der Waals surface area contributed by atoms with Gasteiger partial charge in [0.05, 0.1) is 6.61 Å². The molecule has 1 aromatic carbocycles. The Morgan fingerprint density at radius 3 is 2.79 bits per heavy atom. The molecule has 0 amide bonds. The van der Waals surface area contributed by atoms with Crippen LogP contribution in [0.1, 0.15) is 38.3 Å². The monoisotopic (exact) mass is 269 g/mol. The summed E-state index contributed by atoms with van der Waals surface area (Å²) in [4.78, 5) is 11.3. The van der Waals surface area contributed by atoms with Crippen molar-refractivity contribution in [2.24, 2.45) is 5.73 Å². The number of benzene rings is 1. The summed E-state index contributed by atoms with van der Waals surface area (Å²) in [6.07, 6.45) is 1.78. The first-order valence-electron chi connectivity index (χ1n) is 6.38. The molecule has 1 aromatic rings. The van der Waals surface area contributed by atoms with Crippen LogP contribution in [-0.2, 0) is 9.53 Å². The number of nitrogens with two attached hydrogens (primary N) is 1. The van der Waals surface area contributed by atoms with Crippen molar-refractivity contribution in [2.45, 2.75) is 32.7 Å². The molecule has 106 valence electrons. The second-order valence-electron chi connectivity index (χ2n) is 4.33. The number of hydrogen-bond donors (Lipinski definition) is 1. The minimum absolute atomic E-state index is 0.222. The molecule has 5 heteroatoms. The van der Waals surface area contributed by atoms with Gasteiger partial charge in [-0.15, -0.1) is 0 Å². The van der Waals surface area contributed by atoms with E-state index in [1.54, 1.807) is 19.1 Å². The Labute approximate surface area is 112 Å². The van der Waals surface area contributed by atoms with E-state index in [0.717, 1.165) is 12.8 Å². The van der Waals surface area contributed by atoms with Crippen molar-refractivity contribution < 1.29 is 18.7 Å². The summed E-state index contributed by atoms with van der Waals surface area (Å²) in [6.45, 7) is 3.87. The lowest BCUT2D eigenvalue weighted by molar-refractivity contribution is -0.146. The van der Waals surface area contributed by atoms with Gasteiger partial charge in [-0.05, 0) is 19.4 Å². The highest BCUT2D eigenvalue weighted by atomic mass is 19.1. The predicted molar refractivity (Wildman–Crippen MR) is 70.4 cm³/mol. The zero-order valence-electron chi connectivity index (χ0n) is 11.3. The first-order valence-corrected chi connectivity index (χ1v) is 6.38. The Hall–Kier alpha value is -1.62. The third-order valence-corrected chi connectivity index (χ3v) is 2.58. The van der Waals surface area contributed by atoms with Gasteiger partial charge < -0.3 is 15.2 Å². The zero-order valence-corrected chi connectivity index (χ0v) is 11.3. The summed E-state index contributed by atoms with van der Waals surface area (Å²) in [5, 5.41) is 0. The quantitative estimate of drug-likeness (QED) is 0.610. The number of ether oxygens (including phenoxy) is 2. The minimum atomic E-state index is -0.454. The van der Waals surface area contributed by atoms with Gasteiger partial charge in [0.1, 0.15) is 11.6 Å². The summed E-state index contributed by atoms with van der Waals surface area (Å²) < 4.78 is 23.7. The number of carbonyl (C=O) groups is 1. The van der Waals surface area contributed by atoms with E-state index >= 15 is 0 Å². The summed E-state index contributed by atoms with van der Waals surface area (Å²) in [7, 11) is 0. The van der Waals surface area contributed by atoms with Crippen molar-refractivity contribution in [1.82, 2.24) is 0 Å². The number of rotatable bonds is 7. The van der Waals surface area contributed by atoms with E-state index in [0.29, 0.717) is 12.2 Å². The molecule has 0 saturated heterocycles. The van der Waals surface area contributed by atoms with Gasteiger partial charge in [-0.25, -0.2) is 9.18 Å². The zero-order chi connectivity index (χ0) is 14.3. The molecule has 1 atom stereocenters. The molecule has 0 aliphatic rings. The minimum Gasteiger partial charge on any atom is -0.482 e. The molecule has 1 rings (SSSR count). The number of hydrogen-bond acceptors (Lipinski definition) is 4. The lowest BCUT2D eigenvalue weighted by atomic mass is 10.1. The van der Waals surface area contributed by atoms with Gasteiger partial charge in [-0.1, -0.05) is 19.4 Å². The number of halogens is 1. The van der Waals surface area contributed by atoms with Crippen LogP contribution >= 0.6 is 0 Å². The van der Waals surface area contributed by atoms with Crippen molar-refractivity contribution in [1.29, 1.82) is 0 Å². The van der Waals surface area contributed by atoms with Gasteiger partial charge in [0, 0.05) is 17.7 Å². The fourth-order valence-corrected chi connectivity index (χ4v) is 1.48. The third-order valence-electron chi connectivity index (χ3n) is 2.58. The van der Waals surface area contributed by atoms with E-state index < -0.39 is 11.8 Å². The lowest BCUT2D eigenvalue weighted by Crippen LogP contribution is -2.15. The molecule has 1 unspecified atom stereocenters. The van der Waals surface area contributed by atoms with Crippen molar-refractivity contribution in [3.05, 3.63) is 29.6 Å². The maximum absolute atomic E-state index is 13.6. The lowest BCUT2D eigenvalue weighted by Gasteiger charge is -2.10. The van der Waals surface area contributed by atoms with E-state index in [2.05, 4.69) is 0 Å². The standard InChI is InChI=1S/C14H20FNO3/c1-3-4-7-18-14(17)9-19-11-5-6-12(10(2)16)13(15)8-11/h5-6,8,10H,3-4,7,9,16H2,1-2H3. The van der Waals surface area contributed by atoms with Crippen molar-refractivity contribution in [2.75, 3.05) is 13.2 Å². The molecular formula is C14H20FNO3. The largest absolute Gasteiger partial charge is 0.482 e. The summed E-state index contributed by atoms with van der Waals surface area (Å²) in [5.41, 5.74) is 6.01. The van der Waals surface area contributed by atoms with Crippen LogP contribution in [0.25, 0.3) is 0 Å². The SMILES string of the molecule is CCCCOC(=O)COc1ccc(C(C)N)c(F)c1. The molecular weight excluding hydrogens is 249 g/mol. The van der Waals surface area contributed by atoms with Crippen LogP contribution in [0, 0.1) is 5.82 Å². The molecule has 0 fully saturated rings. The highest BCUT2D eigenvalue weighted by Gasteiger charge is 2.09. The molecule has 19 heavy (non-hydrogen) atoms. The van der Waals surface area contributed by atoms with E-state index in [1.807, 2.05) is 6.92 Å². The highest BCUT2D eigenvalue weighted by molar-refractivity contribution is 5.71. The van der Waals surface area contributed by atoms with Crippen LogP contribution in [0.3, 0.4) is 0 Å². The van der Waals surface area contributed by atoms with E-state index in [9.17, 15) is 9.18 Å². The molecule has 0 aliphatic carbocycles. The van der Waals surface area contributed by atoms with Gasteiger partial charge in [-0.3, -0.25) is 0 Å². The molecule has 0 radical (unpaired) electrons. The van der Waals surface area contributed by atoms with Gasteiger partial charge >= 0.3 is 5.97 Å². The summed E-state index contributed by atoms with van der Waals surface area (Å²) >= 11 is 0. The molecule has 0 heterocycles. The Morgan fingerprint density at radius 1 is 1.47 bits per heavy atom. The van der Waals surface area contributed by atoms with Gasteiger partial charge in [0.15, 0.2) is 6.61 Å². The number of unbranched alkanes of at least 4 members (excludes halogenated alkanes) is 1. The molecule has 4 nitrogen and oxygen atoms in total. The first kappa shape index (κ1) is 15.4. The average Bonchev–Trinajstić information content (AvgIpc) is 2.36. The molecule has 0 saturated carbocycles. The number of carbonyl (C=O) groups excluding carboxylic acids is 1. The maximum Gasteiger partial charge on any atom is 0.344 e. The Balaban J connectivity index is 2.45. The number of esters is 1. The molecule has 2 N–H and O–H groups in total. The van der Waals surface area contributed by atoms with Crippen molar-refractivity contribution in [3.63, 3.8) is 0 Å². The van der Waals surface area contributed by atoms with Crippen LogP contribution in [0.4, 0.5) is 4.39 Å². The Morgan fingerprint density at radius 2 is 2.21 bits per heavy atom.